The summed E-state index contributed by atoms with van der Waals surface area (Å²) in [7, 11) is 0. The van der Waals surface area contributed by atoms with E-state index in [1.807, 2.05) is 22.5 Å². The average molecular weight is 627 g/mol. The number of rotatable bonds is 8. The highest BCUT2D eigenvalue weighted by molar-refractivity contribution is 5.95. The molecule has 0 radical (unpaired) electrons. The number of amides is 2. The van der Waals surface area contributed by atoms with Gasteiger partial charge in [-0.25, -0.2) is 15.0 Å². The number of fused-ring (bicyclic) bond motifs is 1. The quantitative estimate of drug-likeness (QED) is 0.296. The molecule has 240 valence electrons. The minimum absolute atomic E-state index is 0.00488. The van der Waals surface area contributed by atoms with Crippen molar-refractivity contribution in [1.29, 1.82) is 0 Å². The Morgan fingerprint density at radius 3 is 2.43 bits per heavy atom. The lowest BCUT2D eigenvalue weighted by atomic mass is 9.36. The number of hydrogen-bond donors (Lipinski definition) is 2. The van der Waals surface area contributed by atoms with Gasteiger partial charge in [-0.05, 0) is 56.1 Å². The number of nitrogens with one attached hydrogen (secondary N) is 1. The molecule has 1 saturated heterocycles. The second-order valence-electron chi connectivity index (χ2n) is 13.2. The fraction of sp³-hybridized carbons (Fsp3) is 0.500. The summed E-state index contributed by atoms with van der Waals surface area (Å²) < 4.78 is 1.82. The van der Waals surface area contributed by atoms with E-state index in [0.29, 0.717) is 72.5 Å². The van der Waals surface area contributed by atoms with Crippen LogP contribution in [0.2, 0.25) is 0 Å². The number of aromatic hydroxyl groups is 1. The highest BCUT2D eigenvalue weighted by Crippen LogP contribution is 2.70. The van der Waals surface area contributed by atoms with E-state index in [4.69, 9.17) is 0 Å². The summed E-state index contributed by atoms with van der Waals surface area (Å²) in [6.07, 6.45) is 6.36. The van der Waals surface area contributed by atoms with E-state index in [9.17, 15) is 19.5 Å². The molecule has 0 spiro atoms. The first-order valence-electron chi connectivity index (χ1n) is 15.8. The smallest absolute Gasteiger partial charge is 0.276 e. The van der Waals surface area contributed by atoms with Crippen LogP contribution in [0.3, 0.4) is 0 Å². The van der Waals surface area contributed by atoms with Crippen molar-refractivity contribution < 1.29 is 14.7 Å². The first-order valence-corrected chi connectivity index (χ1v) is 15.8. The first kappa shape index (κ1) is 29.8. The van der Waals surface area contributed by atoms with Gasteiger partial charge in [-0.1, -0.05) is 26.8 Å². The molecular formula is C32H38N10O4. The average Bonchev–Trinajstić information content (AvgIpc) is 3.47. The van der Waals surface area contributed by atoms with Gasteiger partial charge in [0.05, 0.1) is 5.69 Å². The highest BCUT2D eigenvalue weighted by atomic mass is 16.3. The van der Waals surface area contributed by atoms with Gasteiger partial charge in [-0.3, -0.25) is 14.4 Å². The Morgan fingerprint density at radius 2 is 1.78 bits per heavy atom. The summed E-state index contributed by atoms with van der Waals surface area (Å²) in [6.45, 7) is 9.41. The van der Waals surface area contributed by atoms with Gasteiger partial charge in [-0.2, -0.15) is 0 Å². The predicted octanol–water partition coefficient (Wildman–Crippen LogP) is 2.00. The maximum Gasteiger partial charge on any atom is 0.276 e. The minimum Gasteiger partial charge on any atom is -0.504 e. The van der Waals surface area contributed by atoms with E-state index in [0.717, 1.165) is 19.3 Å². The van der Waals surface area contributed by atoms with Crippen molar-refractivity contribution in [3.05, 3.63) is 58.0 Å². The Labute approximate surface area is 265 Å². The summed E-state index contributed by atoms with van der Waals surface area (Å²) in [5.74, 6) is 0.299. The van der Waals surface area contributed by atoms with Crippen molar-refractivity contribution in [3.63, 3.8) is 0 Å². The van der Waals surface area contributed by atoms with Crippen molar-refractivity contribution in [2.45, 2.75) is 65.5 Å². The molecule has 2 amide bonds. The number of pyridine rings is 2. The molecule has 0 unspecified atom stereocenters. The summed E-state index contributed by atoms with van der Waals surface area (Å²) in [5, 5.41) is 22.9. The first-order chi connectivity index (χ1) is 22.0. The van der Waals surface area contributed by atoms with Crippen LogP contribution in [0.1, 0.15) is 61.9 Å². The van der Waals surface area contributed by atoms with Gasteiger partial charge >= 0.3 is 0 Å². The molecule has 4 fully saturated rings. The molecular weight excluding hydrogens is 588 g/mol. The SMILES string of the molecule is CCc1c(N2CCN(C(=O)c3ncnc(C)c3O)CC2)c(=O)c2nn(-c3ccccn3)nc2n1CC(=O)NC12CC(C(C)C)(C1)C2. The van der Waals surface area contributed by atoms with Crippen LogP contribution >= 0.6 is 0 Å². The van der Waals surface area contributed by atoms with Gasteiger partial charge < -0.3 is 24.8 Å². The zero-order valence-corrected chi connectivity index (χ0v) is 26.5. The third-order valence-corrected chi connectivity index (χ3v) is 10.2. The molecule has 2 bridgehead atoms. The van der Waals surface area contributed by atoms with Gasteiger partial charge in [0, 0.05) is 43.6 Å². The summed E-state index contributed by atoms with van der Waals surface area (Å²) in [4.78, 5) is 58.2. The number of hydrogen-bond acceptors (Lipinski definition) is 10. The van der Waals surface area contributed by atoms with Gasteiger partial charge in [0.25, 0.3) is 5.91 Å². The Morgan fingerprint density at radius 1 is 1.04 bits per heavy atom. The molecule has 1 aliphatic heterocycles. The molecule has 0 atom stereocenters. The predicted molar refractivity (Wildman–Crippen MR) is 169 cm³/mol. The lowest BCUT2D eigenvalue weighted by Gasteiger charge is -2.72. The van der Waals surface area contributed by atoms with E-state index in [2.05, 4.69) is 44.3 Å². The number of carbonyl (C=O) groups excluding carboxylic acids is 2. The van der Waals surface area contributed by atoms with Crippen LogP contribution in [0.4, 0.5) is 5.69 Å². The number of carbonyl (C=O) groups is 2. The van der Waals surface area contributed by atoms with Crippen molar-refractivity contribution >= 4 is 28.7 Å². The Kier molecular flexibility index (Phi) is 7.05. The van der Waals surface area contributed by atoms with E-state index in [1.165, 1.54) is 11.1 Å². The zero-order valence-electron chi connectivity index (χ0n) is 26.5. The topological polar surface area (TPSA) is 164 Å². The van der Waals surface area contributed by atoms with Crippen LogP contribution in [0, 0.1) is 18.3 Å². The van der Waals surface area contributed by atoms with Crippen LogP contribution in [0.25, 0.3) is 17.0 Å². The number of aryl methyl sites for hydroxylation is 1. The maximum atomic E-state index is 14.2. The van der Waals surface area contributed by atoms with Crippen molar-refractivity contribution in [2.24, 2.45) is 11.3 Å². The number of nitrogens with zero attached hydrogens (tertiary/aromatic N) is 9. The molecule has 14 heteroatoms. The second-order valence-corrected chi connectivity index (χ2v) is 13.2. The van der Waals surface area contributed by atoms with Gasteiger partial charge in [-0.15, -0.1) is 15.0 Å². The van der Waals surface area contributed by atoms with E-state index in [-0.39, 0.29) is 40.4 Å². The van der Waals surface area contributed by atoms with E-state index >= 15 is 0 Å². The zero-order chi connectivity index (χ0) is 32.4. The van der Waals surface area contributed by atoms with Gasteiger partial charge in [0.1, 0.15) is 18.6 Å². The molecule has 4 aromatic heterocycles. The molecule has 8 rings (SSSR count). The Hall–Kier alpha value is -4.88. The molecule has 5 heterocycles. The molecule has 3 saturated carbocycles. The number of aromatic nitrogens is 7. The molecule has 3 aliphatic carbocycles. The van der Waals surface area contributed by atoms with Crippen molar-refractivity contribution in [2.75, 3.05) is 31.1 Å². The molecule has 4 aliphatic rings. The van der Waals surface area contributed by atoms with Crippen LogP contribution in [-0.2, 0) is 17.8 Å². The Bertz CT molecular complexity index is 1890. The fourth-order valence-corrected chi connectivity index (χ4v) is 7.55. The van der Waals surface area contributed by atoms with Crippen LogP contribution in [0.5, 0.6) is 5.75 Å². The summed E-state index contributed by atoms with van der Waals surface area (Å²) in [5.41, 5.74) is 1.82. The van der Waals surface area contributed by atoms with Gasteiger partial charge in [0.15, 0.2) is 28.4 Å². The van der Waals surface area contributed by atoms with Crippen molar-refractivity contribution in [3.8, 4) is 11.6 Å². The lowest BCUT2D eigenvalue weighted by Crippen LogP contribution is -2.76. The number of anilines is 1. The largest absolute Gasteiger partial charge is 0.504 e. The molecule has 14 nitrogen and oxygen atoms in total. The molecule has 4 aromatic rings. The van der Waals surface area contributed by atoms with Crippen LogP contribution in [-0.4, -0.2) is 88.1 Å². The third kappa shape index (κ3) is 4.69. The van der Waals surface area contributed by atoms with Crippen molar-refractivity contribution in [1.82, 2.24) is 44.7 Å². The molecule has 2 N–H and O–H groups in total. The Balaban J connectivity index is 1.21. The number of piperazine rings is 1. The standard InChI is InChI=1S/C32H38N10O4/c1-5-21-26(39-10-12-40(13-11-39)30(46)25-27(44)20(4)34-18-35-25)28(45)24-29(38-42(37-24)22-8-6-7-9-33-22)41(21)14-23(43)36-32-15-31(16-32,17-32)19(2)3/h6-9,18-19,44H,5,10-17H2,1-4H3,(H,36,43). The third-order valence-electron chi connectivity index (χ3n) is 10.2. The highest BCUT2D eigenvalue weighted by Gasteiger charge is 2.69. The maximum absolute atomic E-state index is 14.2. The summed E-state index contributed by atoms with van der Waals surface area (Å²) in [6, 6.07) is 5.36. The summed E-state index contributed by atoms with van der Waals surface area (Å²) >= 11 is 0. The van der Waals surface area contributed by atoms with Crippen LogP contribution < -0.4 is 15.6 Å². The normalized spacial score (nSPS) is 22.1. The molecule has 0 aromatic carbocycles. The van der Waals surface area contributed by atoms with Gasteiger partial charge in [0.2, 0.25) is 11.3 Å². The lowest BCUT2D eigenvalue weighted by molar-refractivity contribution is -0.187. The fourth-order valence-electron chi connectivity index (χ4n) is 7.55. The van der Waals surface area contributed by atoms with E-state index in [1.54, 1.807) is 30.2 Å². The van der Waals surface area contributed by atoms with Crippen LogP contribution in [0.15, 0.2) is 35.5 Å². The molecule has 46 heavy (non-hydrogen) atoms. The van der Waals surface area contributed by atoms with E-state index < -0.39 is 5.91 Å². The monoisotopic (exact) mass is 626 g/mol. The minimum atomic E-state index is -0.394. The second kappa shape index (κ2) is 10.9.